The number of urea groups is 1. The fourth-order valence-electron chi connectivity index (χ4n) is 3.94. The molecule has 2 saturated heterocycles. The van der Waals surface area contributed by atoms with Crippen molar-refractivity contribution in [3.05, 3.63) is 54.1 Å². The number of halogens is 3. The number of carbonyl (C=O) groups is 1. The van der Waals surface area contributed by atoms with E-state index in [9.17, 15) is 18.0 Å². The number of likely N-dealkylation sites (tertiary alicyclic amines) is 1. The van der Waals surface area contributed by atoms with E-state index in [1.165, 1.54) is 12.1 Å². The van der Waals surface area contributed by atoms with Gasteiger partial charge in [0.2, 0.25) is 0 Å². The molecule has 4 rings (SSSR count). The van der Waals surface area contributed by atoms with Crippen LogP contribution >= 0.6 is 0 Å². The molecule has 0 radical (unpaired) electrons. The minimum atomic E-state index is -4.39. The first-order chi connectivity index (χ1) is 13.3. The summed E-state index contributed by atoms with van der Waals surface area (Å²) in [7, 11) is 1.62. The smallest absolute Gasteiger partial charge is 0.416 e. The van der Waals surface area contributed by atoms with Gasteiger partial charge in [0.05, 0.1) is 18.7 Å². The third-order valence-electron chi connectivity index (χ3n) is 5.37. The van der Waals surface area contributed by atoms with Gasteiger partial charge in [-0.3, -0.25) is 0 Å². The highest BCUT2D eigenvalue weighted by atomic mass is 19.4. The average molecular weight is 391 g/mol. The van der Waals surface area contributed by atoms with E-state index < -0.39 is 11.7 Å². The predicted octanol–water partition coefficient (Wildman–Crippen LogP) is 4.21. The van der Waals surface area contributed by atoms with Crippen molar-refractivity contribution in [3.8, 4) is 5.75 Å². The van der Waals surface area contributed by atoms with E-state index in [4.69, 9.17) is 4.74 Å². The van der Waals surface area contributed by atoms with E-state index in [2.05, 4.69) is 10.2 Å². The molecule has 0 aromatic heterocycles. The number of amides is 2. The van der Waals surface area contributed by atoms with Crippen molar-refractivity contribution >= 4 is 17.4 Å². The lowest BCUT2D eigenvalue weighted by atomic mass is 10.2. The van der Waals surface area contributed by atoms with Gasteiger partial charge in [-0.25, -0.2) is 4.79 Å². The highest BCUT2D eigenvalue weighted by molar-refractivity contribution is 5.90. The number of methoxy groups -OCH3 is 1. The Morgan fingerprint density at radius 2 is 1.71 bits per heavy atom. The Balaban J connectivity index is 1.37. The molecule has 2 aliphatic rings. The van der Waals surface area contributed by atoms with Crippen LogP contribution < -0.4 is 15.0 Å². The second-order valence-corrected chi connectivity index (χ2v) is 7.05. The molecule has 0 unspecified atom stereocenters. The standard InChI is InChI=1S/C20H20F3N3O2/c1-28-18-8-6-15(7-9-18)25-11-17-10-16(25)12-26(17)19(27)24-14-4-2-13(3-5-14)20(21,22)23/h2-9,16-17H,10-12H2,1H3,(H,24,27)/t16-,17-/m1/s1. The summed E-state index contributed by atoms with van der Waals surface area (Å²) in [4.78, 5) is 16.6. The van der Waals surface area contributed by atoms with Crippen LogP contribution in [-0.4, -0.2) is 43.2 Å². The molecule has 2 heterocycles. The van der Waals surface area contributed by atoms with E-state index in [-0.39, 0.29) is 18.1 Å². The van der Waals surface area contributed by atoms with Gasteiger partial charge >= 0.3 is 12.2 Å². The van der Waals surface area contributed by atoms with Crippen LogP contribution in [0.5, 0.6) is 5.75 Å². The Bertz CT molecular complexity index is 852. The zero-order valence-electron chi connectivity index (χ0n) is 15.2. The Kier molecular flexibility index (Phi) is 4.56. The lowest BCUT2D eigenvalue weighted by Gasteiger charge is -2.35. The maximum atomic E-state index is 12.6. The molecule has 2 aliphatic heterocycles. The molecule has 0 saturated carbocycles. The topological polar surface area (TPSA) is 44.8 Å². The molecular formula is C20H20F3N3O2. The molecule has 5 nitrogen and oxygen atoms in total. The summed E-state index contributed by atoms with van der Waals surface area (Å²) in [6, 6.07) is 12.4. The normalized spacial score (nSPS) is 21.1. The number of rotatable bonds is 3. The van der Waals surface area contributed by atoms with Crippen LogP contribution in [0.25, 0.3) is 0 Å². The number of carbonyl (C=O) groups excluding carboxylic acids is 1. The second kappa shape index (κ2) is 6.92. The molecule has 2 fully saturated rings. The quantitative estimate of drug-likeness (QED) is 0.853. The van der Waals surface area contributed by atoms with Crippen LogP contribution in [0, 0.1) is 0 Å². The van der Waals surface area contributed by atoms with E-state index in [1.807, 2.05) is 24.3 Å². The molecule has 2 aromatic rings. The summed E-state index contributed by atoms with van der Waals surface area (Å²) in [6.07, 6.45) is -3.51. The van der Waals surface area contributed by atoms with E-state index >= 15 is 0 Å². The van der Waals surface area contributed by atoms with E-state index in [0.29, 0.717) is 12.2 Å². The van der Waals surface area contributed by atoms with Gasteiger partial charge in [0.15, 0.2) is 0 Å². The summed E-state index contributed by atoms with van der Waals surface area (Å²) in [5.41, 5.74) is 0.713. The number of alkyl halides is 3. The van der Waals surface area contributed by atoms with Crippen LogP contribution in [-0.2, 0) is 6.18 Å². The number of hydrogen-bond donors (Lipinski definition) is 1. The van der Waals surface area contributed by atoms with Crippen molar-refractivity contribution in [1.29, 1.82) is 0 Å². The fraction of sp³-hybridized carbons (Fsp3) is 0.350. The molecule has 2 atom stereocenters. The number of anilines is 2. The zero-order chi connectivity index (χ0) is 19.9. The molecular weight excluding hydrogens is 371 g/mol. The van der Waals surface area contributed by atoms with Gasteiger partial charge in [0, 0.05) is 30.5 Å². The van der Waals surface area contributed by atoms with Crippen molar-refractivity contribution in [3.63, 3.8) is 0 Å². The summed E-state index contributed by atoms with van der Waals surface area (Å²) < 4.78 is 43.1. The summed E-state index contributed by atoms with van der Waals surface area (Å²) >= 11 is 0. The monoisotopic (exact) mass is 391 g/mol. The molecule has 1 N–H and O–H groups in total. The van der Waals surface area contributed by atoms with Crippen LogP contribution in [0.3, 0.4) is 0 Å². The maximum Gasteiger partial charge on any atom is 0.416 e. The first-order valence-corrected chi connectivity index (χ1v) is 9.01. The van der Waals surface area contributed by atoms with Crippen LogP contribution in [0.2, 0.25) is 0 Å². The third kappa shape index (κ3) is 3.46. The molecule has 2 aromatic carbocycles. The molecule has 0 aliphatic carbocycles. The number of nitrogens with zero attached hydrogens (tertiary/aromatic N) is 2. The first kappa shape index (κ1) is 18.5. The van der Waals surface area contributed by atoms with Crippen LogP contribution in [0.4, 0.5) is 29.3 Å². The lowest BCUT2D eigenvalue weighted by molar-refractivity contribution is -0.137. The summed E-state index contributed by atoms with van der Waals surface area (Å²) in [6.45, 7) is 1.32. The molecule has 8 heteroatoms. The van der Waals surface area contributed by atoms with Gasteiger partial charge < -0.3 is 19.9 Å². The van der Waals surface area contributed by atoms with Crippen molar-refractivity contribution in [1.82, 2.24) is 4.90 Å². The summed E-state index contributed by atoms with van der Waals surface area (Å²) in [5, 5.41) is 2.70. The lowest BCUT2D eigenvalue weighted by Crippen LogP contribution is -2.50. The summed E-state index contributed by atoms with van der Waals surface area (Å²) in [5.74, 6) is 0.797. The van der Waals surface area contributed by atoms with Gasteiger partial charge in [-0.15, -0.1) is 0 Å². The van der Waals surface area contributed by atoms with Gasteiger partial charge in [0.1, 0.15) is 5.75 Å². The molecule has 0 spiro atoms. The van der Waals surface area contributed by atoms with Gasteiger partial charge in [0.25, 0.3) is 0 Å². The van der Waals surface area contributed by atoms with Crippen molar-refractivity contribution in [2.24, 2.45) is 0 Å². The highest BCUT2D eigenvalue weighted by Crippen LogP contribution is 2.35. The average Bonchev–Trinajstić information content (AvgIpc) is 3.29. The van der Waals surface area contributed by atoms with Crippen molar-refractivity contribution < 1.29 is 22.7 Å². The van der Waals surface area contributed by atoms with Crippen LogP contribution in [0.15, 0.2) is 48.5 Å². The number of benzene rings is 2. The number of fused-ring (bicyclic) bond motifs is 2. The van der Waals surface area contributed by atoms with Gasteiger partial charge in [-0.1, -0.05) is 0 Å². The van der Waals surface area contributed by atoms with E-state index in [0.717, 1.165) is 36.5 Å². The molecule has 2 amide bonds. The number of ether oxygens (including phenoxy) is 1. The first-order valence-electron chi connectivity index (χ1n) is 9.01. The Morgan fingerprint density at radius 3 is 2.25 bits per heavy atom. The van der Waals surface area contributed by atoms with Gasteiger partial charge in [-0.05, 0) is 55.0 Å². The maximum absolute atomic E-state index is 12.6. The Morgan fingerprint density at radius 1 is 1.04 bits per heavy atom. The Labute approximate surface area is 160 Å². The number of piperazine rings is 1. The second-order valence-electron chi connectivity index (χ2n) is 7.05. The number of nitrogens with one attached hydrogen (secondary N) is 1. The predicted molar refractivity (Wildman–Crippen MR) is 99.7 cm³/mol. The zero-order valence-corrected chi connectivity index (χ0v) is 15.2. The minimum Gasteiger partial charge on any atom is -0.497 e. The Hall–Kier alpha value is -2.90. The molecule has 148 valence electrons. The fourth-order valence-corrected chi connectivity index (χ4v) is 3.94. The molecule has 2 bridgehead atoms. The minimum absolute atomic E-state index is 0.0848. The SMILES string of the molecule is COc1ccc(N2C[C@H]3C[C@@H]2CN3C(=O)Nc2ccc(C(F)(F)F)cc2)cc1. The van der Waals surface area contributed by atoms with Crippen molar-refractivity contribution in [2.75, 3.05) is 30.4 Å². The largest absolute Gasteiger partial charge is 0.497 e. The number of hydrogen-bond acceptors (Lipinski definition) is 3. The van der Waals surface area contributed by atoms with Crippen LogP contribution in [0.1, 0.15) is 12.0 Å². The third-order valence-corrected chi connectivity index (χ3v) is 5.37. The van der Waals surface area contributed by atoms with Gasteiger partial charge in [-0.2, -0.15) is 13.2 Å². The molecule has 28 heavy (non-hydrogen) atoms. The van der Waals surface area contributed by atoms with Crippen molar-refractivity contribution in [2.45, 2.75) is 24.7 Å². The van der Waals surface area contributed by atoms with E-state index in [1.54, 1.807) is 12.0 Å². The highest BCUT2D eigenvalue weighted by Gasteiger charge is 2.45.